The number of nitrogens with one attached hydrogen (secondary N) is 1. The van der Waals surface area contributed by atoms with Gasteiger partial charge in [-0.3, -0.25) is 0 Å². The fraction of sp³-hybridized carbons (Fsp3) is 1.00. The summed E-state index contributed by atoms with van der Waals surface area (Å²) in [6, 6.07) is 0. The Balaban J connectivity index is 2.83. The summed E-state index contributed by atoms with van der Waals surface area (Å²) in [5.41, 5.74) is 0. The minimum atomic E-state index is 0.400. The SMILES string of the molecule is CCCCCCCCCCNCCN=O. The number of unbranched alkanes of at least 4 members (excludes halogenated alkanes) is 7. The molecule has 90 valence electrons. The maximum absolute atomic E-state index is 9.78. The smallest absolute Gasteiger partial charge is 0.0935 e. The largest absolute Gasteiger partial charge is 0.315 e. The van der Waals surface area contributed by atoms with E-state index in [1.54, 1.807) is 0 Å². The molecule has 0 aliphatic carbocycles. The van der Waals surface area contributed by atoms with Crippen LogP contribution >= 0.6 is 0 Å². The van der Waals surface area contributed by atoms with Crippen LogP contribution < -0.4 is 5.32 Å². The van der Waals surface area contributed by atoms with Gasteiger partial charge < -0.3 is 5.32 Å². The van der Waals surface area contributed by atoms with Gasteiger partial charge in [0.25, 0.3) is 0 Å². The highest BCUT2D eigenvalue weighted by molar-refractivity contribution is 4.51. The van der Waals surface area contributed by atoms with Gasteiger partial charge in [0, 0.05) is 6.54 Å². The van der Waals surface area contributed by atoms with Crippen molar-refractivity contribution in [1.29, 1.82) is 0 Å². The lowest BCUT2D eigenvalue weighted by atomic mass is 10.1. The molecule has 1 N–H and O–H groups in total. The molecule has 0 aliphatic heterocycles. The number of hydrogen-bond donors (Lipinski definition) is 1. The number of rotatable bonds is 12. The molecule has 0 bridgehead atoms. The van der Waals surface area contributed by atoms with Gasteiger partial charge in [-0.15, -0.1) is 0 Å². The Labute approximate surface area is 94.0 Å². The monoisotopic (exact) mass is 214 g/mol. The molecule has 3 nitrogen and oxygen atoms in total. The highest BCUT2D eigenvalue weighted by Crippen LogP contribution is 2.07. The Morgan fingerprint density at radius 3 is 2.07 bits per heavy atom. The van der Waals surface area contributed by atoms with Crippen LogP contribution in [0.1, 0.15) is 58.3 Å². The molecule has 0 aromatic carbocycles. The zero-order chi connectivity index (χ0) is 11.2. The molecule has 0 amide bonds. The Bertz CT molecular complexity index is 129. The standard InChI is InChI=1S/C12H26N2O/c1-2-3-4-5-6-7-8-9-10-13-11-12-14-15/h13H,2-12H2,1H3. The Kier molecular flexibility index (Phi) is 13.2. The van der Waals surface area contributed by atoms with E-state index in [1.807, 2.05) is 0 Å². The minimum absolute atomic E-state index is 0.400. The number of hydrogen-bond acceptors (Lipinski definition) is 3. The first-order chi connectivity index (χ1) is 7.41. The Morgan fingerprint density at radius 2 is 1.47 bits per heavy atom. The van der Waals surface area contributed by atoms with Crippen molar-refractivity contribution in [2.75, 3.05) is 19.6 Å². The van der Waals surface area contributed by atoms with Crippen molar-refractivity contribution in [3.8, 4) is 0 Å². The maximum atomic E-state index is 9.78. The summed E-state index contributed by atoms with van der Waals surface area (Å²) in [7, 11) is 0. The first-order valence-electron chi connectivity index (χ1n) is 6.41. The lowest BCUT2D eigenvalue weighted by Gasteiger charge is -2.02. The summed E-state index contributed by atoms with van der Waals surface area (Å²) in [5, 5.41) is 6.00. The quantitative estimate of drug-likeness (QED) is 0.399. The van der Waals surface area contributed by atoms with Crippen LogP contribution in [-0.2, 0) is 0 Å². The third kappa shape index (κ3) is 13.6. The second kappa shape index (κ2) is 13.6. The molecule has 0 spiro atoms. The highest BCUT2D eigenvalue weighted by Gasteiger charge is 1.91. The summed E-state index contributed by atoms with van der Waals surface area (Å²) in [6.45, 7) is 4.42. The molecule has 0 atom stereocenters. The van der Waals surface area contributed by atoms with Gasteiger partial charge in [0.1, 0.15) is 0 Å². The van der Waals surface area contributed by atoms with E-state index in [0.29, 0.717) is 6.54 Å². The molecule has 0 aromatic rings. The predicted octanol–water partition coefficient (Wildman–Crippen LogP) is 3.48. The lowest BCUT2D eigenvalue weighted by Crippen LogP contribution is -2.18. The van der Waals surface area contributed by atoms with Gasteiger partial charge >= 0.3 is 0 Å². The van der Waals surface area contributed by atoms with Crippen LogP contribution in [0.25, 0.3) is 0 Å². The van der Waals surface area contributed by atoms with Crippen molar-refractivity contribution in [1.82, 2.24) is 5.32 Å². The molecule has 3 heteroatoms. The molecule has 0 heterocycles. The van der Waals surface area contributed by atoms with Gasteiger partial charge in [-0.25, -0.2) is 0 Å². The van der Waals surface area contributed by atoms with E-state index in [-0.39, 0.29) is 0 Å². The molecule has 0 unspecified atom stereocenters. The molecular weight excluding hydrogens is 188 g/mol. The molecule has 0 fully saturated rings. The van der Waals surface area contributed by atoms with E-state index in [1.165, 1.54) is 51.4 Å². The van der Waals surface area contributed by atoms with Gasteiger partial charge in [0.15, 0.2) is 0 Å². The van der Waals surface area contributed by atoms with Crippen molar-refractivity contribution < 1.29 is 0 Å². The van der Waals surface area contributed by atoms with Gasteiger partial charge in [-0.2, -0.15) is 4.91 Å². The molecule has 0 saturated heterocycles. The molecular formula is C12H26N2O. The fourth-order valence-corrected chi connectivity index (χ4v) is 1.63. The van der Waals surface area contributed by atoms with Crippen molar-refractivity contribution in [2.24, 2.45) is 5.18 Å². The van der Waals surface area contributed by atoms with Crippen LogP contribution in [0.5, 0.6) is 0 Å². The van der Waals surface area contributed by atoms with Gasteiger partial charge in [0.05, 0.1) is 6.54 Å². The average molecular weight is 214 g/mol. The van der Waals surface area contributed by atoms with Crippen molar-refractivity contribution in [2.45, 2.75) is 58.3 Å². The molecule has 0 aromatic heterocycles. The van der Waals surface area contributed by atoms with Gasteiger partial charge in [0.2, 0.25) is 0 Å². The van der Waals surface area contributed by atoms with Crippen molar-refractivity contribution >= 4 is 0 Å². The van der Waals surface area contributed by atoms with E-state index >= 15 is 0 Å². The van der Waals surface area contributed by atoms with Crippen LogP contribution in [0.4, 0.5) is 0 Å². The van der Waals surface area contributed by atoms with E-state index in [9.17, 15) is 4.91 Å². The summed E-state index contributed by atoms with van der Waals surface area (Å²) < 4.78 is 0. The maximum Gasteiger partial charge on any atom is 0.0935 e. The van der Waals surface area contributed by atoms with E-state index < -0.39 is 0 Å². The molecule has 0 radical (unpaired) electrons. The van der Waals surface area contributed by atoms with Gasteiger partial charge in [-0.1, -0.05) is 57.0 Å². The third-order valence-corrected chi connectivity index (χ3v) is 2.59. The average Bonchev–Trinajstić information content (AvgIpc) is 2.26. The molecule has 0 saturated carbocycles. The zero-order valence-electron chi connectivity index (χ0n) is 10.1. The summed E-state index contributed by atoms with van der Waals surface area (Å²) in [5.74, 6) is 0. The topological polar surface area (TPSA) is 41.5 Å². The van der Waals surface area contributed by atoms with E-state index in [0.717, 1.165) is 13.1 Å². The molecule has 15 heavy (non-hydrogen) atoms. The van der Waals surface area contributed by atoms with E-state index in [2.05, 4.69) is 17.4 Å². The van der Waals surface area contributed by atoms with E-state index in [4.69, 9.17) is 0 Å². The van der Waals surface area contributed by atoms with Crippen molar-refractivity contribution in [3.05, 3.63) is 4.91 Å². The highest BCUT2D eigenvalue weighted by atomic mass is 16.3. The number of nitrogens with zero attached hydrogens (tertiary/aromatic N) is 1. The summed E-state index contributed by atoms with van der Waals surface area (Å²) in [6.07, 6.45) is 10.8. The Hall–Kier alpha value is -0.440. The van der Waals surface area contributed by atoms with Crippen LogP contribution in [0, 0.1) is 4.91 Å². The molecule has 0 rings (SSSR count). The van der Waals surface area contributed by atoms with Crippen LogP contribution in [0.3, 0.4) is 0 Å². The van der Waals surface area contributed by atoms with Crippen LogP contribution in [0.15, 0.2) is 5.18 Å². The predicted molar refractivity (Wildman–Crippen MR) is 66.1 cm³/mol. The third-order valence-electron chi connectivity index (χ3n) is 2.59. The lowest BCUT2D eigenvalue weighted by molar-refractivity contribution is 0.557. The van der Waals surface area contributed by atoms with Crippen LogP contribution in [-0.4, -0.2) is 19.6 Å². The second-order valence-electron chi connectivity index (χ2n) is 4.08. The first kappa shape index (κ1) is 14.6. The van der Waals surface area contributed by atoms with Crippen LogP contribution in [0.2, 0.25) is 0 Å². The Morgan fingerprint density at radius 1 is 0.867 bits per heavy atom. The van der Waals surface area contributed by atoms with Gasteiger partial charge in [-0.05, 0) is 13.0 Å². The zero-order valence-corrected chi connectivity index (χ0v) is 10.1. The minimum Gasteiger partial charge on any atom is -0.315 e. The first-order valence-corrected chi connectivity index (χ1v) is 6.41. The van der Waals surface area contributed by atoms with Crippen molar-refractivity contribution in [3.63, 3.8) is 0 Å². The second-order valence-corrected chi connectivity index (χ2v) is 4.08. The summed E-state index contributed by atoms with van der Waals surface area (Å²) in [4.78, 5) is 9.78. The normalized spacial score (nSPS) is 10.5. The number of nitroso groups, excluding NO2 is 1. The summed E-state index contributed by atoms with van der Waals surface area (Å²) >= 11 is 0. The fourth-order valence-electron chi connectivity index (χ4n) is 1.63. The molecule has 0 aliphatic rings.